The number of amides is 1. The summed E-state index contributed by atoms with van der Waals surface area (Å²) in [6, 6.07) is 12.2. The number of nitrogens with one attached hydrogen (secondary N) is 2. The molecule has 138 valence electrons. The van der Waals surface area contributed by atoms with Crippen LogP contribution in [0.3, 0.4) is 0 Å². The number of aromatic nitrogens is 1. The number of nitrogens with zero attached hydrogens (tertiary/aromatic N) is 1. The first-order valence-corrected chi connectivity index (χ1v) is 10.1. The summed E-state index contributed by atoms with van der Waals surface area (Å²) in [6.45, 7) is 0.643. The van der Waals surface area contributed by atoms with Crippen molar-refractivity contribution >= 4 is 23.5 Å². The number of pyridine rings is 1. The summed E-state index contributed by atoms with van der Waals surface area (Å²) in [6.07, 6.45) is 4.63. The smallest absolute Gasteiger partial charge is 0.252 e. The van der Waals surface area contributed by atoms with E-state index in [1.165, 1.54) is 17.7 Å². The van der Waals surface area contributed by atoms with Crippen molar-refractivity contribution in [2.45, 2.75) is 25.3 Å². The van der Waals surface area contributed by atoms with E-state index in [2.05, 4.69) is 27.8 Å². The molecule has 2 aromatic rings. The maximum Gasteiger partial charge on any atom is 0.252 e. The molecule has 1 aliphatic rings. The van der Waals surface area contributed by atoms with Gasteiger partial charge in [-0.15, -0.1) is 0 Å². The molecule has 0 saturated carbocycles. The molecule has 1 aliphatic heterocycles. The first-order valence-electron chi connectivity index (χ1n) is 8.96. The number of anilines is 1. The highest BCUT2D eigenvalue weighted by Crippen LogP contribution is 2.20. The van der Waals surface area contributed by atoms with Gasteiger partial charge in [-0.2, -0.15) is 11.8 Å². The lowest BCUT2D eigenvalue weighted by Crippen LogP contribution is -2.25. The van der Waals surface area contributed by atoms with Crippen LogP contribution in [-0.4, -0.2) is 42.1 Å². The summed E-state index contributed by atoms with van der Waals surface area (Å²) in [5.74, 6) is 3.95. The van der Waals surface area contributed by atoms with Crippen molar-refractivity contribution in [1.29, 1.82) is 0 Å². The van der Waals surface area contributed by atoms with E-state index < -0.39 is 0 Å². The average molecular weight is 372 g/mol. The Morgan fingerprint density at radius 3 is 2.77 bits per heavy atom. The molecule has 1 fully saturated rings. The van der Waals surface area contributed by atoms with Crippen LogP contribution < -0.4 is 15.4 Å². The van der Waals surface area contributed by atoms with Crippen molar-refractivity contribution in [1.82, 2.24) is 10.3 Å². The van der Waals surface area contributed by atoms with Crippen LogP contribution in [-0.2, 0) is 6.42 Å². The SMILES string of the molecule is COc1ccc(CCCNC(=O)c2ccc(N[C@H]3CCSC3)nc2)cc1. The third-order valence-electron chi connectivity index (χ3n) is 4.39. The molecule has 2 heterocycles. The Hall–Kier alpha value is -2.21. The van der Waals surface area contributed by atoms with Gasteiger partial charge in [0.1, 0.15) is 11.6 Å². The maximum absolute atomic E-state index is 12.2. The number of carbonyl (C=O) groups is 1. The molecule has 3 rings (SSSR count). The van der Waals surface area contributed by atoms with E-state index in [0.29, 0.717) is 18.2 Å². The highest BCUT2D eigenvalue weighted by Gasteiger charge is 2.15. The molecule has 0 bridgehead atoms. The third kappa shape index (κ3) is 5.39. The molecule has 26 heavy (non-hydrogen) atoms. The molecule has 0 radical (unpaired) electrons. The Morgan fingerprint density at radius 1 is 1.27 bits per heavy atom. The Kier molecular flexibility index (Phi) is 6.77. The Balaban J connectivity index is 1.39. The number of hydrogen-bond acceptors (Lipinski definition) is 5. The second kappa shape index (κ2) is 9.48. The number of carbonyl (C=O) groups excluding carboxylic acids is 1. The van der Waals surface area contributed by atoms with E-state index in [1.54, 1.807) is 13.3 Å². The van der Waals surface area contributed by atoms with E-state index in [9.17, 15) is 4.79 Å². The van der Waals surface area contributed by atoms with Crippen LogP contribution in [0.15, 0.2) is 42.6 Å². The second-order valence-corrected chi connectivity index (χ2v) is 7.49. The van der Waals surface area contributed by atoms with Crippen molar-refractivity contribution in [2.24, 2.45) is 0 Å². The second-order valence-electron chi connectivity index (χ2n) is 6.34. The minimum Gasteiger partial charge on any atom is -0.497 e. The van der Waals surface area contributed by atoms with Crippen LogP contribution in [0.25, 0.3) is 0 Å². The fraction of sp³-hybridized carbons (Fsp3) is 0.400. The number of ether oxygens (including phenoxy) is 1. The van der Waals surface area contributed by atoms with E-state index in [-0.39, 0.29) is 5.91 Å². The zero-order chi connectivity index (χ0) is 18.2. The Morgan fingerprint density at radius 2 is 2.12 bits per heavy atom. The minimum atomic E-state index is -0.0739. The van der Waals surface area contributed by atoms with Gasteiger partial charge in [0.25, 0.3) is 5.91 Å². The summed E-state index contributed by atoms with van der Waals surface area (Å²) in [4.78, 5) is 16.6. The molecular weight excluding hydrogens is 346 g/mol. The predicted octanol–water partition coefficient (Wildman–Crippen LogP) is 3.37. The molecule has 1 aromatic heterocycles. The van der Waals surface area contributed by atoms with Gasteiger partial charge < -0.3 is 15.4 Å². The fourth-order valence-electron chi connectivity index (χ4n) is 2.86. The molecule has 0 aliphatic carbocycles. The molecule has 0 spiro atoms. The number of methoxy groups -OCH3 is 1. The van der Waals surface area contributed by atoms with Gasteiger partial charge in [-0.3, -0.25) is 4.79 Å². The highest BCUT2D eigenvalue weighted by molar-refractivity contribution is 7.99. The van der Waals surface area contributed by atoms with Crippen LogP contribution in [0.5, 0.6) is 5.75 Å². The third-order valence-corrected chi connectivity index (χ3v) is 5.56. The first kappa shape index (κ1) is 18.6. The standard InChI is InChI=1S/C20H25N3O2S/c1-25-18-7-4-15(5-8-18)3-2-11-21-20(24)16-6-9-19(22-13-16)23-17-10-12-26-14-17/h4-9,13,17H,2-3,10-12,14H2,1H3,(H,21,24)(H,22,23)/t17-/m0/s1. The summed E-state index contributed by atoms with van der Waals surface area (Å²) in [7, 11) is 1.66. The molecule has 0 unspecified atom stereocenters. The quantitative estimate of drug-likeness (QED) is 0.697. The number of thioether (sulfide) groups is 1. The van der Waals surface area contributed by atoms with E-state index >= 15 is 0 Å². The van der Waals surface area contributed by atoms with Gasteiger partial charge in [-0.1, -0.05) is 12.1 Å². The molecular formula is C20H25N3O2S. The summed E-state index contributed by atoms with van der Waals surface area (Å²) < 4.78 is 5.15. The number of aryl methyl sites for hydroxylation is 1. The van der Waals surface area contributed by atoms with Gasteiger partial charge in [-0.25, -0.2) is 4.98 Å². The lowest BCUT2D eigenvalue weighted by molar-refractivity contribution is 0.0953. The summed E-state index contributed by atoms with van der Waals surface area (Å²) in [5.41, 5.74) is 1.84. The average Bonchev–Trinajstić information content (AvgIpc) is 3.19. The molecule has 6 heteroatoms. The highest BCUT2D eigenvalue weighted by atomic mass is 32.2. The number of rotatable bonds is 8. The van der Waals surface area contributed by atoms with Crippen LogP contribution in [0.2, 0.25) is 0 Å². The van der Waals surface area contributed by atoms with Crippen molar-refractivity contribution in [3.05, 3.63) is 53.7 Å². The van der Waals surface area contributed by atoms with E-state index in [1.807, 2.05) is 36.0 Å². The zero-order valence-corrected chi connectivity index (χ0v) is 15.8. The van der Waals surface area contributed by atoms with Crippen LogP contribution in [0, 0.1) is 0 Å². The van der Waals surface area contributed by atoms with Crippen molar-refractivity contribution in [3.8, 4) is 5.75 Å². The van der Waals surface area contributed by atoms with Gasteiger partial charge in [0.15, 0.2) is 0 Å². The zero-order valence-electron chi connectivity index (χ0n) is 15.0. The monoisotopic (exact) mass is 371 g/mol. The van der Waals surface area contributed by atoms with Crippen LogP contribution >= 0.6 is 11.8 Å². The van der Waals surface area contributed by atoms with Gasteiger partial charge in [0, 0.05) is 24.5 Å². The predicted molar refractivity (Wildman–Crippen MR) is 107 cm³/mol. The maximum atomic E-state index is 12.2. The minimum absolute atomic E-state index is 0.0739. The van der Waals surface area contributed by atoms with Crippen molar-refractivity contribution < 1.29 is 9.53 Å². The number of hydrogen-bond donors (Lipinski definition) is 2. The topological polar surface area (TPSA) is 63.2 Å². The van der Waals surface area contributed by atoms with Crippen LogP contribution in [0.4, 0.5) is 5.82 Å². The lowest BCUT2D eigenvalue weighted by Gasteiger charge is -2.12. The Labute approximate surface area is 158 Å². The molecule has 1 aromatic carbocycles. The van der Waals surface area contributed by atoms with Crippen molar-refractivity contribution in [2.75, 3.05) is 30.5 Å². The summed E-state index contributed by atoms with van der Waals surface area (Å²) >= 11 is 1.96. The molecule has 1 amide bonds. The normalized spacial score (nSPS) is 16.3. The largest absolute Gasteiger partial charge is 0.497 e. The molecule has 5 nitrogen and oxygen atoms in total. The molecule has 1 atom stereocenters. The van der Waals surface area contributed by atoms with E-state index in [0.717, 1.165) is 30.2 Å². The van der Waals surface area contributed by atoms with Crippen molar-refractivity contribution in [3.63, 3.8) is 0 Å². The molecule has 1 saturated heterocycles. The van der Waals surface area contributed by atoms with E-state index in [4.69, 9.17) is 4.74 Å². The fourth-order valence-corrected chi connectivity index (χ4v) is 4.01. The summed E-state index contributed by atoms with van der Waals surface area (Å²) in [5, 5.41) is 6.37. The lowest BCUT2D eigenvalue weighted by atomic mass is 10.1. The van der Waals surface area contributed by atoms with Gasteiger partial charge in [0.2, 0.25) is 0 Å². The molecule has 2 N–H and O–H groups in total. The van der Waals surface area contributed by atoms with Gasteiger partial charge in [0.05, 0.1) is 12.7 Å². The Bertz CT molecular complexity index is 698. The van der Waals surface area contributed by atoms with Gasteiger partial charge >= 0.3 is 0 Å². The van der Waals surface area contributed by atoms with Gasteiger partial charge in [-0.05, 0) is 54.8 Å². The number of benzene rings is 1. The van der Waals surface area contributed by atoms with Crippen LogP contribution in [0.1, 0.15) is 28.8 Å². The first-order chi connectivity index (χ1) is 12.7.